The van der Waals surface area contributed by atoms with Crippen LogP contribution in [-0.4, -0.2) is 24.1 Å². The van der Waals surface area contributed by atoms with Gasteiger partial charge in [0.25, 0.3) is 0 Å². The molecular weight excluding hydrogens is 226 g/mol. The van der Waals surface area contributed by atoms with E-state index < -0.39 is 0 Å². The molecule has 0 saturated heterocycles. The van der Waals surface area contributed by atoms with Gasteiger partial charge in [-0.3, -0.25) is 0 Å². The van der Waals surface area contributed by atoms with Crippen LogP contribution in [0.1, 0.15) is 71.1 Å². The third-order valence-corrected chi connectivity index (χ3v) is 5.11. The fourth-order valence-corrected chi connectivity index (χ4v) is 3.46. The summed E-state index contributed by atoms with van der Waals surface area (Å²) >= 11 is 2.06. The van der Waals surface area contributed by atoms with Crippen LogP contribution in [0.3, 0.4) is 0 Å². The third-order valence-electron chi connectivity index (χ3n) is 3.97. The first-order chi connectivity index (χ1) is 8.36. The first-order valence-electron chi connectivity index (χ1n) is 7.63. The summed E-state index contributed by atoms with van der Waals surface area (Å²) in [5, 5.41) is 4.69. The van der Waals surface area contributed by atoms with Crippen molar-refractivity contribution in [3.8, 4) is 0 Å². The van der Waals surface area contributed by atoms with Gasteiger partial charge in [-0.25, -0.2) is 0 Å². The summed E-state index contributed by atoms with van der Waals surface area (Å²) < 4.78 is 0. The molecule has 2 heteroatoms. The third kappa shape index (κ3) is 7.35. The fraction of sp³-hybridized carbons (Fsp3) is 1.00. The number of nitrogens with one attached hydrogen (secondary N) is 1. The Morgan fingerprint density at radius 2 is 1.59 bits per heavy atom. The predicted octanol–water partition coefficient (Wildman–Crippen LogP) is 4.61. The number of hydrogen-bond donors (Lipinski definition) is 1. The number of thioether (sulfide) groups is 1. The van der Waals surface area contributed by atoms with E-state index in [2.05, 4.69) is 30.3 Å². The molecule has 0 radical (unpaired) electrons. The molecule has 0 heterocycles. The maximum atomic E-state index is 3.75. The van der Waals surface area contributed by atoms with E-state index in [1.54, 1.807) is 0 Å². The maximum absolute atomic E-state index is 3.75. The van der Waals surface area contributed by atoms with Crippen LogP contribution in [-0.2, 0) is 0 Å². The number of rotatable bonds is 9. The lowest BCUT2D eigenvalue weighted by Crippen LogP contribution is -2.34. The summed E-state index contributed by atoms with van der Waals surface area (Å²) in [4.78, 5) is 0. The van der Waals surface area contributed by atoms with Gasteiger partial charge in [0.05, 0.1) is 0 Å². The zero-order valence-electron chi connectivity index (χ0n) is 11.8. The van der Waals surface area contributed by atoms with E-state index in [0.717, 1.165) is 11.3 Å². The van der Waals surface area contributed by atoms with Crippen molar-refractivity contribution in [1.29, 1.82) is 0 Å². The molecule has 0 unspecified atom stereocenters. The van der Waals surface area contributed by atoms with Crippen LogP contribution in [0.15, 0.2) is 0 Å². The summed E-state index contributed by atoms with van der Waals surface area (Å²) in [7, 11) is 0. The van der Waals surface area contributed by atoms with Crippen molar-refractivity contribution in [3.05, 3.63) is 0 Å². The van der Waals surface area contributed by atoms with Gasteiger partial charge in [0.15, 0.2) is 0 Å². The van der Waals surface area contributed by atoms with Crippen molar-refractivity contribution in [3.63, 3.8) is 0 Å². The zero-order chi connectivity index (χ0) is 12.3. The second-order valence-corrected chi connectivity index (χ2v) is 6.57. The minimum atomic E-state index is 0.828. The lowest BCUT2D eigenvalue weighted by atomic mass is 9.95. The SMILES string of the molecule is CCCCCCCCNC1CCC(SC)CC1. The Balaban J connectivity index is 1.87. The molecule has 1 aliphatic rings. The Hall–Kier alpha value is 0.310. The molecule has 0 atom stereocenters. The second kappa shape index (κ2) is 10.3. The van der Waals surface area contributed by atoms with Gasteiger partial charge in [0.2, 0.25) is 0 Å². The van der Waals surface area contributed by atoms with Gasteiger partial charge in [0.1, 0.15) is 0 Å². The van der Waals surface area contributed by atoms with E-state index in [-0.39, 0.29) is 0 Å². The van der Waals surface area contributed by atoms with Crippen LogP contribution < -0.4 is 5.32 Å². The molecule has 1 rings (SSSR count). The molecule has 0 amide bonds. The molecule has 1 nitrogen and oxygen atoms in total. The average Bonchev–Trinajstić information content (AvgIpc) is 2.38. The van der Waals surface area contributed by atoms with Crippen molar-refractivity contribution in [2.45, 2.75) is 82.4 Å². The molecule has 1 fully saturated rings. The van der Waals surface area contributed by atoms with Crippen molar-refractivity contribution >= 4 is 11.8 Å². The summed E-state index contributed by atoms with van der Waals surface area (Å²) in [6, 6.07) is 0.828. The highest BCUT2D eigenvalue weighted by Gasteiger charge is 2.19. The molecule has 0 aromatic rings. The van der Waals surface area contributed by atoms with Crippen LogP contribution >= 0.6 is 11.8 Å². The minimum absolute atomic E-state index is 0.828. The van der Waals surface area contributed by atoms with Gasteiger partial charge in [-0.2, -0.15) is 11.8 Å². The molecule has 102 valence electrons. The van der Waals surface area contributed by atoms with E-state index in [0.29, 0.717) is 0 Å². The Morgan fingerprint density at radius 3 is 2.24 bits per heavy atom. The maximum Gasteiger partial charge on any atom is 0.00678 e. The molecule has 0 aromatic carbocycles. The van der Waals surface area contributed by atoms with Crippen LogP contribution in [0, 0.1) is 0 Å². The Labute approximate surface area is 113 Å². The van der Waals surface area contributed by atoms with E-state index >= 15 is 0 Å². The molecular formula is C15H31NS. The molecule has 17 heavy (non-hydrogen) atoms. The predicted molar refractivity (Wildman–Crippen MR) is 80.9 cm³/mol. The summed E-state index contributed by atoms with van der Waals surface area (Å²) in [5.74, 6) is 0. The number of hydrogen-bond acceptors (Lipinski definition) is 2. The van der Waals surface area contributed by atoms with E-state index in [1.807, 2.05) is 0 Å². The smallest absolute Gasteiger partial charge is 0.00678 e. The van der Waals surface area contributed by atoms with Crippen molar-refractivity contribution in [2.75, 3.05) is 12.8 Å². The minimum Gasteiger partial charge on any atom is -0.314 e. The molecule has 0 spiro atoms. The zero-order valence-corrected chi connectivity index (χ0v) is 12.7. The van der Waals surface area contributed by atoms with Gasteiger partial charge in [-0.1, -0.05) is 39.0 Å². The topological polar surface area (TPSA) is 12.0 Å². The van der Waals surface area contributed by atoms with Gasteiger partial charge >= 0.3 is 0 Å². The highest BCUT2D eigenvalue weighted by Crippen LogP contribution is 2.26. The van der Waals surface area contributed by atoms with Gasteiger partial charge in [-0.15, -0.1) is 0 Å². The standard InChI is InChI=1S/C15H31NS/c1-3-4-5-6-7-8-13-16-14-9-11-15(17-2)12-10-14/h14-16H,3-13H2,1-2H3. The highest BCUT2D eigenvalue weighted by atomic mass is 32.2. The summed E-state index contributed by atoms with van der Waals surface area (Å²) in [6.45, 7) is 3.53. The van der Waals surface area contributed by atoms with Crippen molar-refractivity contribution in [2.24, 2.45) is 0 Å². The summed E-state index contributed by atoms with van der Waals surface area (Å²) in [5.41, 5.74) is 0. The van der Waals surface area contributed by atoms with Crippen LogP contribution in [0.2, 0.25) is 0 Å². The first kappa shape index (κ1) is 15.4. The Bertz CT molecular complexity index is 164. The van der Waals surface area contributed by atoms with Gasteiger partial charge in [0, 0.05) is 11.3 Å². The normalized spacial score (nSPS) is 25.1. The van der Waals surface area contributed by atoms with Crippen LogP contribution in [0.4, 0.5) is 0 Å². The van der Waals surface area contributed by atoms with Crippen molar-refractivity contribution < 1.29 is 0 Å². The average molecular weight is 257 g/mol. The van der Waals surface area contributed by atoms with E-state index in [9.17, 15) is 0 Å². The Kier molecular flexibility index (Phi) is 9.27. The molecule has 0 bridgehead atoms. The monoisotopic (exact) mass is 257 g/mol. The molecule has 1 N–H and O–H groups in total. The van der Waals surface area contributed by atoms with Crippen molar-refractivity contribution in [1.82, 2.24) is 5.32 Å². The largest absolute Gasteiger partial charge is 0.314 e. The van der Waals surface area contributed by atoms with Crippen LogP contribution in [0.25, 0.3) is 0 Å². The highest BCUT2D eigenvalue weighted by molar-refractivity contribution is 7.99. The second-order valence-electron chi connectivity index (χ2n) is 5.43. The fourth-order valence-electron chi connectivity index (χ4n) is 2.71. The van der Waals surface area contributed by atoms with E-state index in [4.69, 9.17) is 0 Å². The molecule has 1 saturated carbocycles. The Morgan fingerprint density at radius 1 is 0.941 bits per heavy atom. The molecule has 0 aliphatic heterocycles. The van der Waals surface area contributed by atoms with Gasteiger partial charge < -0.3 is 5.32 Å². The number of unbranched alkanes of at least 4 members (excludes halogenated alkanes) is 5. The quantitative estimate of drug-likeness (QED) is 0.605. The lowest BCUT2D eigenvalue weighted by Gasteiger charge is -2.28. The summed E-state index contributed by atoms with van der Waals surface area (Å²) in [6.07, 6.45) is 16.4. The molecule has 0 aromatic heterocycles. The van der Waals surface area contributed by atoms with Crippen LogP contribution in [0.5, 0.6) is 0 Å². The van der Waals surface area contributed by atoms with Gasteiger partial charge in [-0.05, 0) is 44.9 Å². The van der Waals surface area contributed by atoms with E-state index in [1.165, 1.54) is 70.8 Å². The molecule has 1 aliphatic carbocycles. The first-order valence-corrected chi connectivity index (χ1v) is 8.91. The lowest BCUT2D eigenvalue weighted by molar-refractivity contribution is 0.376.